The van der Waals surface area contributed by atoms with E-state index in [0.29, 0.717) is 5.89 Å². The van der Waals surface area contributed by atoms with Crippen LogP contribution < -0.4 is 5.73 Å². The maximum absolute atomic E-state index is 6.06. The molecule has 1 atom stereocenters. The summed E-state index contributed by atoms with van der Waals surface area (Å²) in [7, 11) is 0. The fourth-order valence-electron chi connectivity index (χ4n) is 1.72. The van der Waals surface area contributed by atoms with Crippen LogP contribution in [0.2, 0.25) is 0 Å². The van der Waals surface area contributed by atoms with Crippen LogP contribution in [0.15, 0.2) is 34.9 Å². The molecule has 96 valence electrons. The maximum Gasteiger partial charge on any atom is 0.243 e. The highest BCUT2D eigenvalue weighted by atomic mass is 16.5. The zero-order valence-electron chi connectivity index (χ0n) is 10.8. The molecule has 2 aromatic rings. The smallest absolute Gasteiger partial charge is 0.243 e. The third kappa shape index (κ3) is 3.17. The first-order chi connectivity index (χ1) is 8.66. The van der Waals surface area contributed by atoms with E-state index in [9.17, 15) is 0 Å². The third-order valence-corrected chi connectivity index (χ3v) is 2.88. The Morgan fingerprint density at radius 2 is 1.94 bits per heavy atom. The summed E-state index contributed by atoms with van der Waals surface area (Å²) in [5.74, 6) is 1.53. The van der Waals surface area contributed by atoms with Gasteiger partial charge in [0.25, 0.3) is 0 Å². The molecule has 18 heavy (non-hydrogen) atoms. The van der Waals surface area contributed by atoms with Gasteiger partial charge in [0.15, 0.2) is 5.82 Å². The highest BCUT2D eigenvalue weighted by molar-refractivity contribution is 5.15. The van der Waals surface area contributed by atoms with Crippen molar-refractivity contribution in [3.8, 4) is 0 Å². The van der Waals surface area contributed by atoms with Crippen LogP contribution in [-0.2, 0) is 6.42 Å². The van der Waals surface area contributed by atoms with Crippen LogP contribution in [0.5, 0.6) is 0 Å². The first-order valence-electron chi connectivity index (χ1n) is 6.30. The molecule has 0 saturated heterocycles. The fraction of sp³-hybridized carbons (Fsp3) is 0.429. The molecule has 0 bridgehead atoms. The molecular weight excluding hydrogens is 226 g/mol. The molecule has 2 N–H and O–H groups in total. The van der Waals surface area contributed by atoms with Gasteiger partial charge in [-0.2, -0.15) is 4.98 Å². The van der Waals surface area contributed by atoms with Gasteiger partial charge in [0.2, 0.25) is 5.89 Å². The summed E-state index contributed by atoms with van der Waals surface area (Å²) in [5, 5.41) is 3.93. The second-order valence-electron chi connectivity index (χ2n) is 4.78. The van der Waals surface area contributed by atoms with Crippen LogP contribution in [0, 0.1) is 0 Å². The number of benzene rings is 1. The van der Waals surface area contributed by atoms with Crippen LogP contribution in [0.1, 0.15) is 49.5 Å². The minimum atomic E-state index is -0.190. The molecule has 4 nitrogen and oxygen atoms in total. The van der Waals surface area contributed by atoms with Gasteiger partial charge in [0.1, 0.15) is 0 Å². The Morgan fingerprint density at radius 1 is 1.22 bits per heavy atom. The predicted octanol–water partition coefficient (Wildman–Crippen LogP) is 2.83. The van der Waals surface area contributed by atoms with E-state index in [2.05, 4.69) is 22.3 Å². The number of hydrogen-bond donors (Lipinski definition) is 1. The Hall–Kier alpha value is -1.68. The normalized spacial score (nSPS) is 12.9. The first-order valence-corrected chi connectivity index (χ1v) is 6.30. The van der Waals surface area contributed by atoms with Gasteiger partial charge in [0.05, 0.1) is 6.04 Å². The number of nitrogens with two attached hydrogens (primary N) is 1. The fourth-order valence-corrected chi connectivity index (χ4v) is 1.72. The Labute approximate surface area is 107 Å². The molecule has 1 aromatic carbocycles. The molecule has 1 heterocycles. The maximum atomic E-state index is 6.06. The van der Waals surface area contributed by atoms with Crippen LogP contribution >= 0.6 is 0 Å². The molecule has 0 spiro atoms. The Kier molecular flexibility index (Phi) is 4.10. The van der Waals surface area contributed by atoms with E-state index in [-0.39, 0.29) is 12.0 Å². The number of hydrogen-bond acceptors (Lipinski definition) is 4. The van der Waals surface area contributed by atoms with Crippen molar-refractivity contribution in [2.45, 2.75) is 38.6 Å². The van der Waals surface area contributed by atoms with Crippen LogP contribution in [0.25, 0.3) is 0 Å². The largest absolute Gasteiger partial charge is 0.338 e. The number of nitrogens with zero attached hydrogens (tertiary/aromatic N) is 2. The Morgan fingerprint density at radius 3 is 2.56 bits per heavy atom. The summed E-state index contributed by atoms with van der Waals surface area (Å²) in [6.07, 6.45) is 1.73. The van der Waals surface area contributed by atoms with E-state index in [1.165, 1.54) is 5.56 Å². The highest BCUT2D eigenvalue weighted by Gasteiger charge is 2.16. The van der Waals surface area contributed by atoms with Crippen LogP contribution in [0.4, 0.5) is 0 Å². The third-order valence-electron chi connectivity index (χ3n) is 2.88. The van der Waals surface area contributed by atoms with Crippen molar-refractivity contribution >= 4 is 0 Å². The van der Waals surface area contributed by atoms with Crippen molar-refractivity contribution in [3.63, 3.8) is 0 Å². The van der Waals surface area contributed by atoms with Gasteiger partial charge in [-0.3, -0.25) is 0 Å². The second-order valence-corrected chi connectivity index (χ2v) is 4.78. The van der Waals surface area contributed by atoms with E-state index >= 15 is 0 Å². The highest BCUT2D eigenvalue weighted by Crippen LogP contribution is 2.17. The molecule has 0 unspecified atom stereocenters. The minimum Gasteiger partial charge on any atom is -0.338 e. The van der Waals surface area contributed by atoms with Crippen molar-refractivity contribution in [2.24, 2.45) is 5.73 Å². The summed E-state index contributed by atoms with van der Waals surface area (Å²) in [6.45, 7) is 4.06. The molecule has 4 heteroatoms. The molecule has 0 fully saturated rings. The van der Waals surface area contributed by atoms with Crippen molar-refractivity contribution < 1.29 is 4.52 Å². The van der Waals surface area contributed by atoms with Crippen LogP contribution in [0.3, 0.4) is 0 Å². The minimum absolute atomic E-state index is 0.190. The monoisotopic (exact) mass is 245 g/mol. The molecule has 0 aliphatic heterocycles. The van der Waals surface area contributed by atoms with Crippen molar-refractivity contribution in [1.29, 1.82) is 0 Å². The zero-order chi connectivity index (χ0) is 13.0. The standard InChI is InChI=1S/C14H19N3O/c1-10(2)13-16-14(18-17-13)12(15)9-8-11-6-4-3-5-7-11/h3-7,10,12H,8-9,15H2,1-2H3/t12-/m0/s1. The lowest BCUT2D eigenvalue weighted by atomic mass is 10.1. The first kappa shape index (κ1) is 12.8. The molecule has 0 radical (unpaired) electrons. The van der Waals surface area contributed by atoms with Gasteiger partial charge < -0.3 is 10.3 Å². The lowest BCUT2D eigenvalue weighted by Crippen LogP contribution is -2.12. The topological polar surface area (TPSA) is 64.9 Å². The summed E-state index contributed by atoms with van der Waals surface area (Å²) >= 11 is 0. The number of rotatable bonds is 5. The van der Waals surface area contributed by atoms with Crippen LogP contribution in [-0.4, -0.2) is 10.1 Å². The number of aryl methyl sites for hydroxylation is 1. The summed E-state index contributed by atoms with van der Waals surface area (Å²) in [4.78, 5) is 4.32. The molecule has 0 saturated carbocycles. The molecule has 0 aliphatic rings. The van der Waals surface area contributed by atoms with Crippen molar-refractivity contribution in [3.05, 3.63) is 47.6 Å². The predicted molar refractivity (Wildman–Crippen MR) is 70.1 cm³/mol. The summed E-state index contributed by atoms with van der Waals surface area (Å²) in [6, 6.07) is 10.1. The lowest BCUT2D eigenvalue weighted by Gasteiger charge is -2.06. The molecule has 0 aliphatic carbocycles. The van der Waals surface area contributed by atoms with Gasteiger partial charge >= 0.3 is 0 Å². The summed E-state index contributed by atoms with van der Waals surface area (Å²) < 4.78 is 5.19. The van der Waals surface area contributed by atoms with Gasteiger partial charge in [-0.15, -0.1) is 0 Å². The quantitative estimate of drug-likeness (QED) is 0.879. The number of aromatic nitrogens is 2. The molecule has 1 aromatic heterocycles. The molecular formula is C14H19N3O. The second kappa shape index (κ2) is 5.78. The van der Waals surface area contributed by atoms with Gasteiger partial charge in [-0.25, -0.2) is 0 Å². The average Bonchev–Trinajstić information content (AvgIpc) is 2.87. The van der Waals surface area contributed by atoms with Crippen molar-refractivity contribution in [2.75, 3.05) is 0 Å². The van der Waals surface area contributed by atoms with Gasteiger partial charge in [0, 0.05) is 5.92 Å². The SMILES string of the molecule is CC(C)c1noc([C@@H](N)CCc2ccccc2)n1. The average molecular weight is 245 g/mol. The van der Waals surface area contributed by atoms with E-state index < -0.39 is 0 Å². The lowest BCUT2D eigenvalue weighted by molar-refractivity contribution is 0.344. The van der Waals surface area contributed by atoms with E-state index in [1.807, 2.05) is 32.0 Å². The van der Waals surface area contributed by atoms with Gasteiger partial charge in [-0.05, 0) is 18.4 Å². The van der Waals surface area contributed by atoms with Gasteiger partial charge in [-0.1, -0.05) is 49.3 Å². The van der Waals surface area contributed by atoms with E-state index in [1.54, 1.807) is 0 Å². The van der Waals surface area contributed by atoms with E-state index in [4.69, 9.17) is 10.3 Å². The van der Waals surface area contributed by atoms with Crippen molar-refractivity contribution in [1.82, 2.24) is 10.1 Å². The summed E-state index contributed by atoms with van der Waals surface area (Å²) in [5.41, 5.74) is 7.33. The Balaban J connectivity index is 1.93. The molecule has 0 amide bonds. The zero-order valence-corrected chi connectivity index (χ0v) is 10.8. The Bertz CT molecular complexity index is 479. The molecule has 2 rings (SSSR count). The van der Waals surface area contributed by atoms with E-state index in [0.717, 1.165) is 18.7 Å².